The van der Waals surface area contributed by atoms with Gasteiger partial charge in [0.2, 0.25) is 0 Å². The van der Waals surface area contributed by atoms with Gasteiger partial charge in [-0.3, -0.25) is 0 Å². The van der Waals surface area contributed by atoms with E-state index in [1.807, 2.05) is 6.07 Å². The molecule has 2 heterocycles. The highest BCUT2D eigenvalue weighted by Crippen LogP contribution is 2.53. The zero-order valence-electron chi connectivity index (χ0n) is 49.2. The van der Waals surface area contributed by atoms with Crippen molar-refractivity contribution in [3.05, 3.63) is 345 Å². The first kappa shape index (κ1) is 52.6. The van der Waals surface area contributed by atoms with Crippen LogP contribution in [0.5, 0.6) is 5.75 Å². The van der Waals surface area contributed by atoms with Gasteiger partial charge in [0.1, 0.15) is 17.4 Å². The molecule has 0 N–H and O–H groups in total. The molecule has 4 heteroatoms. The molecular formula is C86H58N2O2. The number of allylic oxidation sites excluding steroid dienone is 2. The molecule has 2 aliphatic rings. The Balaban J connectivity index is 0.935. The van der Waals surface area contributed by atoms with E-state index in [-0.39, 0.29) is 12.0 Å². The van der Waals surface area contributed by atoms with Gasteiger partial charge in [0.05, 0.1) is 11.4 Å². The maximum Gasteiger partial charge on any atom is 0.159 e. The first-order valence-corrected chi connectivity index (χ1v) is 30.9. The minimum absolute atomic E-state index is 0.0844. The van der Waals surface area contributed by atoms with Gasteiger partial charge in [0.15, 0.2) is 5.58 Å². The summed E-state index contributed by atoms with van der Waals surface area (Å²) >= 11 is 0. The van der Waals surface area contributed by atoms with Crippen molar-refractivity contribution in [1.82, 2.24) is 0 Å². The average Bonchev–Trinajstić information content (AvgIpc) is 0.780. The molecule has 4 nitrogen and oxygen atoms in total. The maximum absolute atomic E-state index is 7.03. The van der Waals surface area contributed by atoms with Gasteiger partial charge in [0.25, 0.3) is 0 Å². The number of benzene rings is 14. The number of fused-ring (bicyclic) bond motifs is 8. The minimum Gasteiger partial charge on any atom is -0.483 e. The van der Waals surface area contributed by atoms with Crippen LogP contribution in [0.2, 0.25) is 0 Å². The second-order valence-electron chi connectivity index (χ2n) is 23.4. The molecule has 0 bridgehead atoms. The molecule has 0 radical (unpaired) electrons. The van der Waals surface area contributed by atoms with Crippen LogP contribution in [0.1, 0.15) is 11.5 Å². The number of anilines is 6. The van der Waals surface area contributed by atoms with Crippen LogP contribution in [0, 0.1) is 0 Å². The standard InChI is InChI=1S/C86H58N2O2/c1-5-19-57(20-6-1)61-35-39-65(40-36-61)83-73-53-51-70(88(68-49-45-64(46-50-68)60-25-11-4-12-26-60)80-32-18-30-76-72-28-14-16-34-82(72)90-86(76)80)56-78(73)84(66-41-37-62(38-42-66)58-21-7-2-8-22-58)74-54-52-69(55-77(74)83)87(67-47-43-63(44-48-67)59-23-9-3-10-24-59)79-31-17-29-75-71-27-13-15-33-81(71)89-85(75)79/h1-56,71,81H. The predicted molar refractivity (Wildman–Crippen MR) is 376 cm³/mol. The van der Waals surface area contributed by atoms with Gasteiger partial charge in [-0.25, -0.2) is 0 Å². The number of hydrogen-bond acceptors (Lipinski definition) is 4. The minimum atomic E-state index is -0.0844. The third kappa shape index (κ3) is 9.24. The highest BCUT2D eigenvalue weighted by molar-refractivity contribution is 6.23. The lowest BCUT2D eigenvalue weighted by Crippen LogP contribution is -2.16. The molecule has 2 unspecified atom stereocenters. The van der Waals surface area contributed by atoms with Crippen LogP contribution < -0.4 is 14.5 Å². The third-order valence-electron chi connectivity index (χ3n) is 18.2. The fourth-order valence-electron chi connectivity index (χ4n) is 13.9. The Morgan fingerprint density at radius 2 is 0.656 bits per heavy atom. The first-order valence-electron chi connectivity index (χ1n) is 30.9. The number of hydrogen-bond donors (Lipinski definition) is 0. The van der Waals surface area contributed by atoms with E-state index in [4.69, 9.17) is 9.15 Å². The summed E-state index contributed by atoms with van der Waals surface area (Å²) in [5.74, 6) is 1.02. The number of ether oxygens (including phenoxy) is 1. The average molecular weight is 1150 g/mol. The molecule has 14 aromatic carbocycles. The Kier molecular flexibility index (Phi) is 13.0. The van der Waals surface area contributed by atoms with Crippen LogP contribution >= 0.6 is 0 Å². The molecule has 0 spiro atoms. The van der Waals surface area contributed by atoms with Crippen molar-refractivity contribution in [2.24, 2.45) is 0 Å². The van der Waals surface area contributed by atoms with Crippen LogP contribution in [-0.2, 0) is 0 Å². The molecular weight excluding hydrogens is 1090 g/mol. The topological polar surface area (TPSA) is 28.9 Å². The van der Waals surface area contributed by atoms with E-state index >= 15 is 0 Å². The van der Waals surface area contributed by atoms with E-state index in [9.17, 15) is 0 Å². The zero-order chi connectivity index (χ0) is 59.5. The molecule has 0 saturated heterocycles. The van der Waals surface area contributed by atoms with E-state index in [0.29, 0.717) is 0 Å². The number of rotatable bonds is 12. The van der Waals surface area contributed by atoms with Gasteiger partial charge in [-0.15, -0.1) is 0 Å². The highest BCUT2D eigenvalue weighted by atomic mass is 16.5. The summed E-state index contributed by atoms with van der Waals surface area (Å²) in [6.45, 7) is 0. The van der Waals surface area contributed by atoms with Crippen molar-refractivity contribution in [3.8, 4) is 72.5 Å². The summed E-state index contributed by atoms with van der Waals surface area (Å²) in [6, 6.07) is 115. The fraction of sp³-hybridized carbons (Fsp3) is 0.0233. The molecule has 1 aliphatic carbocycles. The smallest absolute Gasteiger partial charge is 0.159 e. The lowest BCUT2D eigenvalue weighted by Gasteiger charge is -2.29. The summed E-state index contributed by atoms with van der Waals surface area (Å²) in [5, 5.41) is 6.66. The van der Waals surface area contributed by atoms with Gasteiger partial charge in [-0.1, -0.05) is 267 Å². The van der Waals surface area contributed by atoms with Crippen molar-refractivity contribution in [2.45, 2.75) is 12.0 Å². The zero-order valence-corrected chi connectivity index (χ0v) is 49.2. The summed E-state index contributed by atoms with van der Waals surface area (Å²) in [5.41, 5.74) is 22.7. The Labute approximate surface area is 523 Å². The molecule has 2 atom stereocenters. The van der Waals surface area contributed by atoms with Gasteiger partial charge in [-0.2, -0.15) is 0 Å². The summed E-state index contributed by atoms with van der Waals surface area (Å²) in [6.07, 6.45) is 8.62. The normalized spacial score (nSPS) is 14.0. The molecule has 1 aliphatic heterocycles. The Morgan fingerprint density at radius 1 is 0.267 bits per heavy atom. The van der Waals surface area contributed by atoms with Crippen LogP contribution in [-0.4, -0.2) is 6.10 Å². The molecule has 0 amide bonds. The Hall–Kier alpha value is -11.7. The molecule has 0 saturated carbocycles. The van der Waals surface area contributed by atoms with E-state index in [2.05, 4.69) is 343 Å². The molecule has 424 valence electrons. The quantitative estimate of drug-likeness (QED) is 0.114. The molecule has 90 heavy (non-hydrogen) atoms. The van der Waals surface area contributed by atoms with Crippen LogP contribution in [0.15, 0.2) is 344 Å². The van der Waals surface area contributed by atoms with Crippen molar-refractivity contribution < 1.29 is 9.15 Å². The molecule has 0 fully saturated rings. The van der Waals surface area contributed by atoms with E-state index in [0.717, 1.165) is 128 Å². The van der Waals surface area contributed by atoms with Crippen LogP contribution in [0.25, 0.3) is 110 Å². The summed E-state index contributed by atoms with van der Waals surface area (Å²) in [4.78, 5) is 4.78. The van der Waals surface area contributed by atoms with E-state index in [1.54, 1.807) is 0 Å². The SMILES string of the molecule is C1=CC2Oc3c(cccc3N(c3ccc(-c4ccccc4)cc3)c3ccc4c(-c5ccc(-c6ccccc6)cc5)c5cc(N(c6ccc(-c7ccccc7)cc6)c6cccc7c6oc6ccccc67)ccc5c(-c5ccc(-c6ccccc6)cc5)c4c3)C2C=C1. The molecule has 17 rings (SSSR count). The van der Waals surface area contributed by atoms with Crippen LogP contribution in [0.4, 0.5) is 34.1 Å². The second kappa shape index (κ2) is 22.2. The van der Waals surface area contributed by atoms with Crippen LogP contribution in [0.3, 0.4) is 0 Å². The van der Waals surface area contributed by atoms with Crippen molar-refractivity contribution >= 4 is 77.6 Å². The fourth-order valence-corrected chi connectivity index (χ4v) is 13.9. The second-order valence-corrected chi connectivity index (χ2v) is 23.4. The van der Waals surface area contributed by atoms with Crippen molar-refractivity contribution in [1.29, 1.82) is 0 Å². The van der Waals surface area contributed by atoms with Crippen molar-refractivity contribution in [3.63, 3.8) is 0 Å². The van der Waals surface area contributed by atoms with Gasteiger partial charge >= 0.3 is 0 Å². The number of nitrogens with zero attached hydrogens (tertiary/aromatic N) is 2. The number of furan rings is 1. The lowest BCUT2D eigenvalue weighted by molar-refractivity contribution is 0.269. The largest absolute Gasteiger partial charge is 0.483 e. The monoisotopic (exact) mass is 1150 g/mol. The van der Waals surface area contributed by atoms with Gasteiger partial charge in [0, 0.05) is 45.0 Å². The predicted octanol–water partition coefficient (Wildman–Crippen LogP) is 23.8. The Bertz CT molecular complexity index is 5230. The molecule has 1 aromatic heterocycles. The van der Waals surface area contributed by atoms with Gasteiger partial charge < -0.3 is 19.0 Å². The van der Waals surface area contributed by atoms with E-state index in [1.165, 1.54) is 27.8 Å². The summed E-state index contributed by atoms with van der Waals surface area (Å²) < 4.78 is 13.9. The third-order valence-corrected chi connectivity index (χ3v) is 18.2. The summed E-state index contributed by atoms with van der Waals surface area (Å²) in [7, 11) is 0. The first-order chi connectivity index (χ1) is 44.6. The Morgan fingerprint density at radius 3 is 1.17 bits per heavy atom. The van der Waals surface area contributed by atoms with E-state index < -0.39 is 0 Å². The molecule has 15 aromatic rings. The highest BCUT2D eigenvalue weighted by Gasteiger charge is 2.36. The maximum atomic E-state index is 7.03. The van der Waals surface area contributed by atoms with Crippen molar-refractivity contribution in [2.75, 3.05) is 9.80 Å². The lowest BCUT2D eigenvalue weighted by atomic mass is 9.84. The number of para-hydroxylation sites is 3. The van der Waals surface area contributed by atoms with Gasteiger partial charge in [-0.05, 0) is 161 Å².